The first kappa shape index (κ1) is 21.3. The zero-order valence-electron chi connectivity index (χ0n) is 18.2. The quantitative estimate of drug-likeness (QED) is 0.741. The maximum Gasteiger partial charge on any atom is 0.254 e. The van der Waals surface area contributed by atoms with E-state index in [1.165, 1.54) is 6.07 Å². The largest absolute Gasteiger partial charge is 0.352 e. The third-order valence-corrected chi connectivity index (χ3v) is 7.32. The Kier molecular flexibility index (Phi) is 6.35. The van der Waals surface area contributed by atoms with Gasteiger partial charge in [-0.2, -0.15) is 11.8 Å². The number of aliphatic imine (C=N–C) groups is 1. The summed E-state index contributed by atoms with van der Waals surface area (Å²) in [6, 6.07) is 6.93. The van der Waals surface area contributed by atoms with E-state index in [4.69, 9.17) is 4.99 Å². The molecule has 5 nitrogen and oxygen atoms in total. The molecule has 1 aromatic rings. The molecule has 2 heterocycles. The molecule has 1 saturated heterocycles. The van der Waals surface area contributed by atoms with Gasteiger partial charge in [0.25, 0.3) is 5.91 Å². The molecule has 5 rings (SSSR count). The molecule has 1 unspecified atom stereocenters. The number of allylic oxidation sites excluding steroid dienone is 3. The van der Waals surface area contributed by atoms with E-state index < -0.39 is 0 Å². The zero-order valence-corrected chi connectivity index (χ0v) is 19.0. The Morgan fingerprint density at radius 2 is 2.03 bits per heavy atom. The van der Waals surface area contributed by atoms with E-state index in [9.17, 15) is 9.18 Å². The Morgan fingerprint density at radius 3 is 2.75 bits per heavy atom. The highest BCUT2D eigenvalue weighted by atomic mass is 32.2. The summed E-state index contributed by atoms with van der Waals surface area (Å²) in [6.45, 7) is 2.87. The van der Waals surface area contributed by atoms with Crippen LogP contribution in [-0.2, 0) is 4.79 Å². The molecule has 0 radical (unpaired) electrons. The Morgan fingerprint density at radius 1 is 1.22 bits per heavy atom. The SMILES string of the molecule is O=C(C1=C(c2ccccc2F)N=C(N2CCSCC2)NC1)N(CC1C=CC=CC1)C1CC1. The third-order valence-electron chi connectivity index (χ3n) is 6.37. The van der Waals surface area contributed by atoms with Crippen LogP contribution in [-0.4, -0.2) is 65.4 Å². The molecule has 1 N–H and O–H groups in total. The topological polar surface area (TPSA) is 47.9 Å². The lowest BCUT2D eigenvalue weighted by Crippen LogP contribution is -2.49. The van der Waals surface area contributed by atoms with Gasteiger partial charge in [-0.15, -0.1) is 0 Å². The standard InChI is InChI=1S/C25H29FN4OS/c26-22-9-5-4-8-20(22)23-21(16-27-25(28-23)29-12-14-32-15-13-29)24(31)30(19-10-11-19)17-18-6-2-1-3-7-18/h1-6,8-9,18-19H,7,10-17H2,(H,27,28). The summed E-state index contributed by atoms with van der Waals surface area (Å²) < 4.78 is 14.8. The van der Waals surface area contributed by atoms with Gasteiger partial charge in [0.1, 0.15) is 5.82 Å². The molecular formula is C25H29FN4OS. The fourth-order valence-electron chi connectivity index (χ4n) is 4.45. The van der Waals surface area contributed by atoms with Crippen LogP contribution in [0, 0.1) is 11.7 Å². The monoisotopic (exact) mass is 452 g/mol. The molecule has 0 bridgehead atoms. The molecular weight excluding hydrogens is 423 g/mol. The molecule has 168 valence electrons. The van der Waals surface area contributed by atoms with Crippen LogP contribution in [0.2, 0.25) is 0 Å². The van der Waals surface area contributed by atoms with Crippen LogP contribution < -0.4 is 5.32 Å². The van der Waals surface area contributed by atoms with Crippen molar-refractivity contribution in [3.63, 3.8) is 0 Å². The van der Waals surface area contributed by atoms with Gasteiger partial charge in [0.2, 0.25) is 0 Å². The Labute approximate surface area is 193 Å². The molecule has 7 heteroatoms. The number of rotatable bonds is 5. The van der Waals surface area contributed by atoms with Crippen LogP contribution in [0.15, 0.2) is 59.1 Å². The molecule has 2 aliphatic heterocycles. The van der Waals surface area contributed by atoms with Crippen LogP contribution in [0.5, 0.6) is 0 Å². The van der Waals surface area contributed by atoms with Crippen molar-refractivity contribution in [2.45, 2.75) is 25.3 Å². The van der Waals surface area contributed by atoms with E-state index in [1.807, 2.05) is 16.7 Å². The van der Waals surface area contributed by atoms with Gasteiger partial charge in [-0.05, 0) is 37.3 Å². The second kappa shape index (κ2) is 9.53. The van der Waals surface area contributed by atoms with E-state index in [2.05, 4.69) is 34.5 Å². The van der Waals surface area contributed by atoms with Gasteiger partial charge in [-0.3, -0.25) is 4.79 Å². The number of thioether (sulfide) groups is 1. The van der Waals surface area contributed by atoms with Crippen LogP contribution in [0.1, 0.15) is 24.8 Å². The van der Waals surface area contributed by atoms with E-state index in [-0.39, 0.29) is 17.8 Å². The van der Waals surface area contributed by atoms with Crippen LogP contribution in [0.3, 0.4) is 0 Å². The van der Waals surface area contributed by atoms with Gasteiger partial charge < -0.3 is 15.1 Å². The van der Waals surface area contributed by atoms with Crippen molar-refractivity contribution in [1.29, 1.82) is 0 Å². The van der Waals surface area contributed by atoms with Crippen LogP contribution in [0.4, 0.5) is 4.39 Å². The number of carbonyl (C=O) groups is 1. The number of carbonyl (C=O) groups excluding carboxylic acids is 1. The lowest BCUT2D eigenvalue weighted by molar-refractivity contribution is -0.128. The Balaban J connectivity index is 1.49. The normalized spacial score (nSPS) is 23.1. The van der Waals surface area contributed by atoms with E-state index in [0.717, 1.165) is 49.8 Å². The molecule has 1 amide bonds. The molecule has 0 aromatic heterocycles. The molecule has 1 atom stereocenters. The fraction of sp³-hybridized carbons (Fsp3) is 0.440. The number of nitrogens with one attached hydrogen (secondary N) is 1. The summed E-state index contributed by atoms with van der Waals surface area (Å²) in [5.41, 5.74) is 1.44. The van der Waals surface area contributed by atoms with E-state index in [1.54, 1.807) is 18.2 Å². The number of nitrogens with zero attached hydrogens (tertiary/aromatic N) is 3. The maximum absolute atomic E-state index is 14.8. The van der Waals surface area contributed by atoms with Crippen molar-refractivity contribution >= 4 is 29.3 Å². The minimum atomic E-state index is -0.342. The molecule has 1 aromatic carbocycles. The summed E-state index contributed by atoms with van der Waals surface area (Å²) in [6.07, 6.45) is 11.5. The second-order valence-corrected chi connectivity index (χ2v) is 9.92. The van der Waals surface area contributed by atoms with Gasteiger partial charge in [0.05, 0.1) is 17.8 Å². The van der Waals surface area contributed by atoms with E-state index in [0.29, 0.717) is 35.8 Å². The molecule has 1 saturated carbocycles. The number of hydrogen-bond acceptors (Lipinski definition) is 5. The van der Waals surface area contributed by atoms with Gasteiger partial charge in [0, 0.05) is 42.7 Å². The first-order valence-corrected chi connectivity index (χ1v) is 12.6. The average molecular weight is 453 g/mol. The third kappa shape index (κ3) is 4.63. The predicted molar refractivity (Wildman–Crippen MR) is 129 cm³/mol. The summed E-state index contributed by atoms with van der Waals surface area (Å²) in [7, 11) is 0. The smallest absolute Gasteiger partial charge is 0.254 e. The molecule has 2 fully saturated rings. The van der Waals surface area contributed by atoms with Gasteiger partial charge in [0.15, 0.2) is 5.96 Å². The van der Waals surface area contributed by atoms with Crippen molar-refractivity contribution in [3.05, 3.63) is 65.5 Å². The van der Waals surface area contributed by atoms with Gasteiger partial charge in [-0.25, -0.2) is 9.38 Å². The van der Waals surface area contributed by atoms with Crippen LogP contribution >= 0.6 is 11.8 Å². The summed E-state index contributed by atoms with van der Waals surface area (Å²) in [5, 5.41) is 3.37. The van der Waals surface area contributed by atoms with Gasteiger partial charge >= 0.3 is 0 Å². The van der Waals surface area contributed by atoms with Crippen molar-refractivity contribution in [1.82, 2.24) is 15.1 Å². The first-order chi connectivity index (χ1) is 15.7. The fourth-order valence-corrected chi connectivity index (χ4v) is 5.35. The minimum absolute atomic E-state index is 0.0156. The molecule has 32 heavy (non-hydrogen) atoms. The number of guanidine groups is 1. The highest BCUT2D eigenvalue weighted by Crippen LogP contribution is 2.33. The predicted octanol–water partition coefficient (Wildman–Crippen LogP) is 3.67. The zero-order chi connectivity index (χ0) is 21.9. The number of halogens is 1. The van der Waals surface area contributed by atoms with Crippen molar-refractivity contribution in [2.75, 3.05) is 37.7 Å². The van der Waals surface area contributed by atoms with Crippen molar-refractivity contribution < 1.29 is 9.18 Å². The molecule has 2 aliphatic carbocycles. The number of benzene rings is 1. The summed E-state index contributed by atoms with van der Waals surface area (Å²) in [5.74, 6) is 2.80. The highest BCUT2D eigenvalue weighted by molar-refractivity contribution is 7.99. The van der Waals surface area contributed by atoms with Crippen LogP contribution in [0.25, 0.3) is 5.70 Å². The van der Waals surface area contributed by atoms with Crippen molar-refractivity contribution in [3.8, 4) is 0 Å². The molecule has 0 spiro atoms. The van der Waals surface area contributed by atoms with Crippen molar-refractivity contribution in [2.24, 2.45) is 10.9 Å². The summed E-state index contributed by atoms with van der Waals surface area (Å²) >= 11 is 1.93. The Bertz CT molecular complexity index is 991. The van der Waals surface area contributed by atoms with Gasteiger partial charge in [-0.1, -0.05) is 36.4 Å². The number of hydrogen-bond donors (Lipinski definition) is 1. The molecule has 4 aliphatic rings. The lowest BCUT2D eigenvalue weighted by atomic mass is 9.98. The lowest BCUT2D eigenvalue weighted by Gasteiger charge is -2.34. The van der Waals surface area contributed by atoms with E-state index >= 15 is 0 Å². The Hall–Kier alpha value is -2.54. The first-order valence-electron chi connectivity index (χ1n) is 11.5. The second-order valence-electron chi connectivity index (χ2n) is 8.69. The summed E-state index contributed by atoms with van der Waals surface area (Å²) in [4.78, 5) is 22.9. The highest BCUT2D eigenvalue weighted by Gasteiger charge is 2.37. The average Bonchev–Trinajstić information content (AvgIpc) is 3.69. The number of amides is 1. The minimum Gasteiger partial charge on any atom is -0.352 e. The maximum atomic E-state index is 14.8.